The quantitative estimate of drug-likeness (QED) is 0.903. The Balaban J connectivity index is 1.67. The van der Waals surface area contributed by atoms with Crippen LogP contribution in [0, 0.1) is 0 Å². The lowest BCUT2D eigenvalue weighted by atomic mass is 10.1. The van der Waals surface area contributed by atoms with Crippen molar-refractivity contribution in [2.45, 2.75) is 31.8 Å². The molecule has 1 saturated carbocycles. The fraction of sp³-hybridized carbons (Fsp3) is 0.357. The first-order valence-electron chi connectivity index (χ1n) is 6.20. The van der Waals surface area contributed by atoms with Crippen molar-refractivity contribution in [3.63, 3.8) is 0 Å². The molecule has 18 heavy (non-hydrogen) atoms. The number of aromatic nitrogens is 1. The van der Waals surface area contributed by atoms with E-state index in [0.717, 1.165) is 34.6 Å². The molecule has 3 rings (SSSR count). The van der Waals surface area contributed by atoms with Gasteiger partial charge in [-0.2, -0.15) is 0 Å². The van der Waals surface area contributed by atoms with Crippen LogP contribution in [0.3, 0.4) is 0 Å². The Morgan fingerprint density at radius 3 is 2.94 bits per heavy atom. The van der Waals surface area contributed by atoms with Gasteiger partial charge < -0.3 is 5.32 Å². The first kappa shape index (κ1) is 12.2. The summed E-state index contributed by atoms with van der Waals surface area (Å²) in [4.78, 5) is 4.29. The molecule has 0 unspecified atom stereocenters. The summed E-state index contributed by atoms with van der Waals surface area (Å²) in [7, 11) is 0. The van der Waals surface area contributed by atoms with E-state index in [1.807, 2.05) is 11.6 Å². The van der Waals surface area contributed by atoms with Crippen LogP contribution >= 0.6 is 22.9 Å². The molecule has 0 spiro atoms. The average molecular weight is 279 g/mol. The Kier molecular flexibility index (Phi) is 3.64. The molecular formula is C14H15ClN2S. The normalized spacial score (nSPS) is 14.9. The van der Waals surface area contributed by atoms with Crippen LogP contribution < -0.4 is 5.32 Å². The van der Waals surface area contributed by atoms with Crippen molar-refractivity contribution in [2.24, 2.45) is 0 Å². The number of nitrogens with zero attached hydrogens (tertiary/aromatic N) is 1. The van der Waals surface area contributed by atoms with Gasteiger partial charge in [-0.3, -0.25) is 0 Å². The number of benzene rings is 1. The largest absolute Gasteiger partial charge is 0.310 e. The fourth-order valence-corrected chi connectivity index (χ4v) is 2.81. The van der Waals surface area contributed by atoms with Crippen molar-refractivity contribution >= 4 is 22.9 Å². The molecule has 1 aromatic heterocycles. The molecule has 0 saturated heterocycles. The predicted octanol–water partition coefficient (Wildman–Crippen LogP) is 3.64. The first-order valence-corrected chi connectivity index (χ1v) is 7.46. The second-order valence-electron chi connectivity index (χ2n) is 4.68. The highest BCUT2D eigenvalue weighted by molar-refractivity contribution is 7.09. The van der Waals surface area contributed by atoms with Gasteiger partial charge in [0.05, 0.1) is 5.01 Å². The number of hydrogen-bond acceptors (Lipinski definition) is 3. The van der Waals surface area contributed by atoms with Gasteiger partial charge in [0.15, 0.2) is 0 Å². The molecule has 94 valence electrons. The number of rotatable bonds is 5. The van der Waals surface area contributed by atoms with Crippen LogP contribution in [0.2, 0.25) is 5.02 Å². The van der Waals surface area contributed by atoms with Gasteiger partial charge in [-0.25, -0.2) is 4.98 Å². The molecule has 1 aliphatic rings. The summed E-state index contributed by atoms with van der Waals surface area (Å²) in [6, 6.07) is 7.08. The van der Waals surface area contributed by atoms with E-state index >= 15 is 0 Å². The third-order valence-corrected chi connectivity index (χ3v) is 4.25. The van der Waals surface area contributed by atoms with Gasteiger partial charge in [-0.15, -0.1) is 11.3 Å². The standard InChI is InChI=1S/C14H15ClN2S/c15-13-7-10(9-17-12-3-4-12)1-2-11(13)8-14-16-5-6-18-14/h1-2,5-7,12,17H,3-4,8-9H2. The zero-order chi connectivity index (χ0) is 12.4. The molecule has 1 aliphatic carbocycles. The lowest BCUT2D eigenvalue weighted by Gasteiger charge is -2.07. The first-order chi connectivity index (χ1) is 8.81. The molecule has 4 heteroatoms. The second kappa shape index (κ2) is 5.39. The van der Waals surface area contributed by atoms with Crippen LogP contribution in [0.4, 0.5) is 0 Å². The van der Waals surface area contributed by atoms with Crippen molar-refractivity contribution in [2.75, 3.05) is 0 Å². The molecule has 1 aromatic carbocycles. The Bertz CT molecular complexity index is 521. The van der Waals surface area contributed by atoms with Crippen molar-refractivity contribution in [1.82, 2.24) is 10.3 Å². The smallest absolute Gasteiger partial charge is 0.0969 e. The molecule has 2 nitrogen and oxygen atoms in total. The van der Waals surface area contributed by atoms with E-state index in [2.05, 4.69) is 28.5 Å². The SMILES string of the molecule is Clc1cc(CNC2CC2)ccc1Cc1nccs1. The summed E-state index contributed by atoms with van der Waals surface area (Å²) in [6.45, 7) is 0.919. The van der Waals surface area contributed by atoms with Crippen molar-refractivity contribution in [1.29, 1.82) is 0 Å². The van der Waals surface area contributed by atoms with Crippen molar-refractivity contribution in [3.05, 3.63) is 50.9 Å². The van der Waals surface area contributed by atoms with Gasteiger partial charge in [0.2, 0.25) is 0 Å². The van der Waals surface area contributed by atoms with E-state index in [9.17, 15) is 0 Å². The molecule has 0 amide bonds. The van der Waals surface area contributed by atoms with E-state index in [4.69, 9.17) is 11.6 Å². The summed E-state index contributed by atoms with van der Waals surface area (Å²) in [6.07, 6.45) is 5.29. The highest BCUT2D eigenvalue weighted by atomic mass is 35.5. The summed E-state index contributed by atoms with van der Waals surface area (Å²) >= 11 is 8.00. The van der Waals surface area contributed by atoms with Crippen molar-refractivity contribution in [3.8, 4) is 0 Å². The molecule has 0 bridgehead atoms. The Hall–Kier alpha value is -0.900. The average Bonchev–Trinajstić information content (AvgIpc) is 3.06. The van der Waals surface area contributed by atoms with E-state index in [-0.39, 0.29) is 0 Å². The van der Waals surface area contributed by atoms with E-state index in [0.29, 0.717) is 0 Å². The zero-order valence-corrected chi connectivity index (χ0v) is 11.6. The van der Waals surface area contributed by atoms with Gasteiger partial charge >= 0.3 is 0 Å². The minimum atomic E-state index is 0.735. The van der Waals surface area contributed by atoms with Crippen LogP contribution in [0.5, 0.6) is 0 Å². The Morgan fingerprint density at radius 1 is 1.39 bits per heavy atom. The van der Waals surface area contributed by atoms with E-state index < -0.39 is 0 Å². The lowest BCUT2D eigenvalue weighted by Crippen LogP contribution is -2.15. The maximum Gasteiger partial charge on any atom is 0.0969 e. The minimum Gasteiger partial charge on any atom is -0.310 e. The molecule has 0 aliphatic heterocycles. The van der Waals surface area contributed by atoms with E-state index in [1.54, 1.807) is 11.3 Å². The summed E-state index contributed by atoms with van der Waals surface area (Å²) in [5, 5.41) is 7.45. The molecular weight excluding hydrogens is 264 g/mol. The molecule has 0 atom stereocenters. The summed E-state index contributed by atoms with van der Waals surface area (Å²) in [5.41, 5.74) is 2.41. The van der Waals surface area contributed by atoms with Crippen LogP contribution in [-0.2, 0) is 13.0 Å². The molecule has 1 heterocycles. The van der Waals surface area contributed by atoms with Gasteiger partial charge in [0.1, 0.15) is 0 Å². The van der Waals surface area contributed by atoms with Gasteiger partial charge in [0, 0.05) is 35.6 Å². The van der Waals surface area contributed by atoms with Crippen LogP contribution in [0.1, 0.15) is 29.0 Å². The number of nitrogens with one attached hydrogen (secondary N) is 1. The van der Waals surface area contributed by atoms with Gasteiger partial charge in [0.25, 0.3) is 0 Å². The topological polar surface area (TPSA) is 24.9 Å². The van der Waals surface area contributed by atoms with Crippen LogP contribution in [-0.4, -0.2) is 11.0 Å². The summed E-state index contributed by atoms with van der Waals surface area (Å²) < 4.78 is 0. The highest BCUT2D eigenvalue weighted by Crippen LogP contribution is 2.23. The highest BCUT2D eigenvalue weighted by Gasteiger charge is 2.19. The third-order valence-electron chi connectivity index (χ3n) is 3.11. The lowest BCUT2D eigenvalue weighted by molar-refractivity contribution is 0.687. The number of hydrogen-bond donors (Lipinski definition) is 1. The predicted molar refractivity (Wildman–Crippen MR) is 76.2 cm³/mol. The minimum absolute atomic E-state index is 0.735. The third kappa shape index (κ3) is 3.10. The summed E-state index contributed by atoms with van der Waals surface area (Å²) in [5.74, 6) is 0. The molecule has 0 radical (unpaired) electrons. The van der Waals surface area contributed by atoms with Gasteiger partial charge in [-0.1, -0.05) is 23.7 Å². The zero-order valence-electron chi connectivity index (χ0n) is 10.0. The fourth-order valence-electron chi connectivity index (χ4n) is 1.90. The van der Waals surface area contributed by atoms with Crippen LogP contribution in [0.15, 0.2) is 29.8 Å². The van der Waals surface area contributed by atoms with E-state index in [1.165, 1.54) is 18.4 Å². The number of thiazole rings is 1. The molecule has 2 aromatic rings. The van der Waals surface area contributed by atoms with Crippen LogP contribution in [0.25, 0.3) is 0 Å². The maximum absolute atomic E-state index is 6.33. The Morgan fingerprint density at radius 2 is 2.28 bits per heavy atom. The monoisotopic (exact) mass is 278 g/mol. The van der Waals surface area contributed by atoms with Crippen molar-refractivity contribution < 1.29 is 0 Å². The second-order valence-corrected chi connectivity index (χ2v) is 6.07. The number of halogens is 1. The molecule has 1 N–H and O–H groups in total. The Labute approximate surface area is 116 Å². The molecule has 1 fully saturated rings. The van der Waals surface area contributed by atoms with Gasteiger partial charge in [-0.05, 0) is 30.0 Å². The maximum atomic E-state index is 6.33.